The minimum absolute atomic E-state index is 0.250. The SMILES string of the molecule is CNC1CCN(Cc2coc3cc(Oc4nc5ncccc5s4)ccc23)CC1.O=CO. The molecule has 2 N–H and O–H groups in total. The van der Waals surface area contributed by atoms with E-state index in [1.54, 1.807) is 6.20 Å². The van der Waals surface area contributed by atoms with Gasteiger partial charge in [-0.2, -0.15) is 4.98 Å². The standard InChI is InChI=1S/C21H22N4O2S.CH2O2/c1-22-15-6-9-25(10-7-15)12-14-13-26-18-11-16(4-5-17(14)18)27-21-24-20-19(28-21)3-2-8-23-20;2-1-3/h2-5,8,11,13,15,22H,6-7,9-10,12H2,1H3;1H,(H,2,3). The van der Waals surface area contributed by atoms with Crippen LogP contribution in [0, 0.1) is 0 Å². The van der Waals surface area contributed by atoms with Crippen LogP contribution in [0.25, 0.3) is 21.3 Å². The number of hydrogen-bond acceptors (Lipinski definition) is 8. The summed E-state index contributed by atoms with van der Waals surface area (Å²) in [4.78, 5) is 19.5. The maximum absolute atomic E-state index is 8.36. The van der Waals surface area contributed by atoms with Gasteiger partial charge in [0, 0.05) is 35.8 Å². The van der Waals surface area contributed by atoms with Gasteiger partial charge in [-0.05, 0) is 57.2 Å². The van der Waals surface area contributed by atoms with Crippen LogP contribution in [0.5, 0.6) is 10.9 Å². The van der Waals surface area contributed by atoms with Crippen molar-refractivity contribution >= 4 is 39.1 Å². The number of rotatable bonds is 5. The van der Waals surface area contributed by atoms with Gasteiger partial charge in [0.2, 0.25) is 0 Å². The molecule has 0 unspecified atom stereocenters. The second kappa shape index (κ2) is 9.86. The van der Waals surface area contributed by atoms with Gasteiger partial charge >= 0.3 is 0 Å². The normalized spacial score (nSPS) is 15.0. The van der Waals surface area contributed by atoms with Crippen molar-refractivity contribution in [2.45, 2.75) is 25.4 Å². The first kappa shape index (κ1) is 21.2. The molecule has 0 aliphatic carbocycles. The molecule has 5 rings (SSSR count). The number of benzene rings is 1. The second-order valence-corrected chi connectivity index (χ2v) is 8.26. The Balaban J connectivity index is 0.000000730. The lowest BCUT2D eigenvalue weighted by Gasteiger charge is -2.31. The molecule has 0 spiro atoms. The summed E-state index contributed by atoms with van der Waals surface area (Å²) in [5.41, 5.74) is 2.79. The number of piperidine rings is 1. The average molecular weight is 441 g/mol. The van der Waals surface area contributed by atoms with Gasteiger partial charge < -0.3 is 19.6 Å². The molecule has 162 valence electrons. The van der Waals surface area contributed by atoms with Gasteiger partial charge in [0.05, 0.1) is 11.0 Å². The number of thiazole rings is 1. The summed E-state index contributed by atoms with van der Waals surface area (Å²) in [6, 6.07) is 10.5. The van der Waals surface area contributed by atoms with Gasteiger partial charge in [-0.25, -0.2) is 4.98 Å². The zero-order valence-electron chi connectivity index (χ0n) is 17.2. The highest BCUT2D eigenvalue weighted by molar-refractivity contribution is 7.20. The van der Waals surface area contributed by atoms with Crippen LogP contribution in [0.1, 0.15) is 18.4 Å². The quantitative estimate of drug-likeness (QED) is 0.447. The Labute approximate surface area is 183 Å². The predicted octanol–water partition coefficient (Wildman–Crippen LogP) is 4.11. The fourth-order valence-electron chi connectivity index (χ4n) is 3.76. The molecular formula is C22H24N4O4S. The van der Waals surface area contributed by atoms with Crippen molar-refractivity contribution in [2.24, 2.45) is 0 Å². The summed E-state index contributed by atoms with van der Waals surface area (Å²) in [5.74, 6) is 0.724. The van der Waals surface area contributed by atoms with E-state index >= 15 is 0 Å². The van der Waals surface area contributed by atoms with E-state index in [0.29, 0.717) is 16.9 Å². The van der Waals surface area contributed by atoms with Crippen LogP contribution in [-0.4, -0.2) is 52.6 Å². The molecule has 4 heterocycles. The van der Waals surface area contributed by atoms with Crippen molar-refractivity contribution in [2.75, 3.05) is 20.1 Å². The van der Waals surface area contributed by atoms with Gasteiger partial charge in [-0.1, -0.05) is 11.3 Å². The smallest absolute Gasteiger partial charge is 0.290 e. The number of hydrogen-bond donors (Lipinski definition) is 2. The van der Waals surface area contributed by atoms with E-state index in [2.05, 4.69) is 33.3 Å². The van der Waals surface area contributed by atoms with E-state index < -0.39 is 0 Å². The van der Waals surface area contributed by atoms with E-state index in [-0.39, 0.29) is 6.47 Å². The van der Waals surface area contributed by atoms with Crippen LogP contribution >= 0.6 is 11.3 Å². The Kier molecular flexibility index (Phi) is 6.76. The molecule has 0 bridgehead atoms. The van der Waals surface area contributed by atoms with Crippen molar-refractivity contribution in [3.05, 3.63) is 48.4 Å². The summed E-state index contributed by atoms with van der Waals surface area (Å²) in [5, 5.41) is 12.0. The van der Waals surface area contributed by atoms with E-state index in [1.165, 1.54) is 29.7 Å². The van der Waals surface area contributed by atoms with Crippen LogP contribution < -0.4 is 10.1 Å². The molecule has 31 heavy (non-hydrogen) atoms. The van der Waals surface area contributed by atoms with Crippen LogP contribution in [0.3, 0.4) is 0 Å². The van der Waals surface area contributed by atoms with E-state index in [9.17, 15) is 0 Å². The van der Waals surface area contributed by atoms with Gasteiger partial charge in [0.1, 0.15) is 11.3 Å². The largest absolute Gasteiger partial charge is 0.483 e. The highest BCUT2D eigenvalue weighted by Crippen LogP contribution is 2.33. The number of furan rings is 1. The number of aromatic nitrogens is 2. The number of carbonyl (C=O) groups is 1. The van der Waals surface area contributed by atoms with Gasteiger partial charge in [0.25, 0.3) is 11.7 Å². The van der Waals surface area contributed by atoms with E-state index in [4.69, 9.17) is 19.1 Å². The van der Waals surface area contributed by atoms with E-state index in [1.807, 2.05) is 30.5 Å². The Morgan fingerprint density at radius 1 is 1.35 bits per heavy atom. The van der Waals surface area contributed by atoms with Crippen molar-refractivity contribution in [3.8, 4) is 10.9 Å². The molecule has 1 saturated heterocycles. The average Bonchev–Trinajstić information content (AvgIpc) is 3.38. The molecule has 1 aromatic carbocycles. The second-order valence-electron chi connectivity index (χ2n) is 7.27. The fraction of sp³-hybridized carbons (Fsp3) is 0.318. The Bertz CT molecular complexity index is 1120. The monoisotopic (exact) mass is 440 g/mol. The topological polar surface area (TPSA) is 101 Å². The van der Waals surface area contributed by atoms with Gasteiger partial charge in [-0.15, -0.1) is 0 Å². The summed E-state index contributed by atoms with van der Waals surface area (Å²) >= 11 is 1.49. The molecule has 1 fully saturated rings. The summed E-state index contributed by atoms with van der Waals surface area (Å²) in [7, 11) is 2.05. The number of ether oxygens (including phenoxy) is 1. The first-order chi connectivity index (χ1) is 15.2. The molecule has 8 nitrogen and oxygen atoms in total. The van der Waals surface area contributed by atoms with E-state index in [0.717, 1.165) is 41.1 Å². The molecule has 0 amide bonds. The van der Waals surface area contributed by atoms with Crippen molar-refractivity contribution < 1.29 is 19.1 Å². The van der Waals surface area contributed by atoms with Crippen LogP contribution in [0.4, 0.5) is 0 Å². The lowest BCUT2D eigenvalue weighted by atomic mass is 10.0. The van der Waals surface area contributed by atoms with Gasteiger partial charge in [0.15, 0.2) is 5.65 Å². The molecule has 0 radical (unpaired) electrons. The molecule has 4 aromatic rings. The molecule has 0 saturated carbocycles. The third kappa shape index (κ3) is 5.01. The first-order valence-corrected chi connectivity index (χ1v) is 10.9. The Hall–Kier alpha value is -3.01. The third-order valence-corrected chi connectivity index (χ3v) is 6.26. The molecule has 1 aliphatic heterocycles. The number of fused-ring (bicyclic) bond motifs is 2. The van der Waals surface area contributed by atoms with Crippen LogP contribution in [0.15, 0.2) is 47.2 Å². The Morgan fingerprint density at radius 2 is 2.16 bits per heavy atom. The highest BCUT2D eigenvalue weighted by atomic mass is 32.1. The molecule has 3 aromatic heterocycles. The fourth-order valence-corrected chi connectivity index (χ4v) is 4.56. The maximum atomic E-state index is 8.36. The summed E-state index contributed by atoms with van der Waals surface area (Å²) in [6.07, 6.45) is 6.01. The number of pyridine rings is 1. The lowest BCUT2D eigenvalue weighted by molar-refractivity contribution is -0.122. The lowest BCUT2D eigenvalue weighted by Crippen LogP contribution is -2.40. The minimum Gasteiger partial charge on any atom is -0.483 e. The highest BCUT2D eigenvalue weighted by Gasteiger charge is 2.19. The van der Waals surface area contributed by atoms with Gasteiger partial charge in [-0.3, -0.25) is 9.69 Å². The van der Waals surface area contributed by atoms with Crippen LogP contribution in [-0.2, 0) is 11.3 Å². The van der Waals surface area contributed by atoms with Crippen molar-refractivity contribution in [1.29, 1.82) is 0 Å². The molecule has 0 atom stereocenters. The third-order valence-electron chi connectivity index (χ3n) is 5.37. The number of nitrogens with one attached hydrogen (secondary N) is 1. The number of carboxylic acid groups (broad SMARTS) is 1. The van der Waals surface area contributed by atoms with Crippen molar-refractivity contribution in [1.82, 2.24) is 20.2 Å². The number of likely N-dealkylation sites (tertiary alicyclic amines) is 1. The maximum Gasteiger partial charge on any atom is 0.290 e. The summed E-state index contributed by atoms with van der Waals surface area (Å²) < 4.78 is 12.8. The molecule has 1 aliphatic rings. The van der Waals surface area contributed by atoms with Crippen molar-refractivity contribution in [3.63, 3.8) is 0 Å². The Morgan fingerprint density at radius 3 is 2.90 bits per heavy atom. The summed E-state index contributed by atoms with van der Waals surface area (Å²) in [6.45, 7) is 2.91. The minimum atomic E-state index is -0.250. The zero-order chi connectivity index (χ0) is 21.6. The number of nitrogens with zero attached hydrogens (tertiary/aromatic N) is 3. The first-order valence-electron chi connectivity index (χ1n) is 10.1. The predicted molar refractivity (Wildman–Crippen MR) is 120 cm³/mol. The molecular weight excluding hydrogens is 416 g/mol. The molecule has 9 heteroatoms. The zero-order valence-corrected chi connectivity index (χ0v) is 18.0. The van der Waals surface area contributed by atoms with Crippen LogP contribution in [0.2, 0.25) is 0 Å².